The molecule has 0 saturated carbocycles. The van der Waals surface area contributed by atoms with Crippen LogP contribution in [0.5, 0.6) is 11.5 Å². The second-order valence-corrected chi connectivity index (χ2v) is 9.17. The fourth-order valence-corrected chi connectivity index (χ4v) is 4.55. The van der Waals surface area contributed by atoms with Crippen LogP contribution in [0.1, 0.15) is 40.9 Å². The van der Waals surface area contributed by atoms with Gasteiger partial charge in [-0.3, -0.25) is 9.59 Å². The second-order valence-electron chi connectivity index (χ2n) is 9.17. The topological polar surface area (TPSA) is 125 Å². The van der Waals surface area contributed by atoms with Gasteiger partial charge in [0.25, 0.3) is 5.91 Å². The molecule has 0 bridgehead atoms. The first kappa shape index (κ1) is 25.4. The largest absolute Gasteiger partial charge is 0.488 e. The number of hydrogen-bond donors (Lipinski definition) is 1. The standard InChI is InChI=1S/C27H29N5O6/c1-28-26(34)10-7-20(15-33)31-14-24-23(27(31)35)3-2-4-25(24)37-16-18-13-32(30-29-18)19-5-8-21(9-6-19)38-22-11-12-36-17-22/h2-6,8-9,13,15,20,22H,7,10-12,14,16-17H2,1H3,(H,28,34)/t20?,22-/m1/s1. The number of nitrogens with one attached hydrogen (secondary N) is 1. The molecule has 5 rings (SSSR count). The van der Waals surface area contributed by atoms with Gasteiger partial charge in [-0.1, -0.05) is 11.3 Å². The molecule has 0 spiro atoms. The van der Waals surface area contributed by atoms with E-state index in [1.807, 2.05) is 24.3 Å². The number of aromatic nitrogens is 3. The lowest BCUT2D eigenvalue weighted by atomic mass is 10.1. The van der Waals surface area contributed by atoms with Crippen molar-refractivity contribution in [3.8, 4) is 17.2 Å². The second kappa shape index (κ2) is 11.4. The molecule has 2 aliphatic rings. The summed E-state index contributed by atoms with van der Waals surface area (Å²) in [5.74, 6) is 0.890. The summed E-state index contributed by atoms with van der Waals surface area (Å²) in [6.45, 7) is 1.72. The smallest absolute Gasteiger partial charge is 0.255 e. The van der Waals surface area contributed by atoms with Crippen LogP contribution in [-0.2, 0) is 27.5 Å². The highest BCUT2D eigenvalue weighted by molar-refractivity contribution is 6.00. The molecule has 3 heterocycles. The van der Waals surface area contributed by atoms with Crippen LogP contribution in [0, 0.1) is 0 Å². The first-order valence-corrected chi connectivity index (χ1v) is 12.5. The number of nitrogens with zero attached hydrogens (tertiary/aromatic N) is 4. The first-order chi connectivity index (χ1) is 18.6. The molecule has 1 N–H and O–H groups in total. The molecular formula is C27H29N5O6. The van der Waals surface area contributed by atoms with Crippen LogP contribution in [0.4, 0.5) is 0 Å². The summed E-state index contributed by atoms with van der Waals surface area (Å²) in [5.41, 5.74) is 2.64. The van der Waals surface area contributed by atoms with E-state index in [-0.39, 0.29) is 43.9 Å². The number of ether oxygens (including phenoxy) is 3. The molecule has 1 aromatic heterocycles. The third kappa shape index (κ3) is 5.52. The van der Waals surface area contributed by atoms with E-state index < -0.39 is 6.04 Å². The summed E-state index contributed by atoms with van der Waals surface area (Å²) in [4.78, 5) is 37.8. The highest BCUT2D eigenvalue weighted by Gasteiger charge is 2.34. The third-order valence-electron chi connectivity index (χ3n) is 6.66. The molecular weight excluding hydrogens is 490 g/mol. The lowest BCUT2D eigenvalue weighted by Gasteiger charge is -2.22. The molecule has 198 valence electrons. The number of benzene rings is 2. The molecule has 0 radical (unpaired) electrons. The van der Waals surface area contributed by atoms with Crippen LogP contribution in [0.2, 0.25) is 0 Å². The van der Waals surface area contributed by atoms with Crippen molar-refractivity contribution in [1.82, 2.24) is 25.2 Å². The van der Waals surface area contributed by atoms with Crippen LogP contribution >= 0.6 is 0 Å². The zero-order valence-corrected chi connectivity index (χ0v) is 21.0. The van der Waals surface area contributed by atoms with E-state index in [4.69, 9.17) is 14.2 Å². The molecule has 1 saturated heterocycles. The number of fused-ring (bicyclic) bond motifs is 1. The predicted octanol–water partition coefficient (Wildman–Crippen LogP) is 2.06. The third-order valence-corrected chi connectivity index (χ3v) is 6.66. The quantitative estimate of drug-likeness (QED) is 0.382. The Labute approximate surface area is 219 Å². The van der Waals surface area contributed by atoms with Gasteiger partial charge in [0.15, 0.2) is 0 Å². The zero-order valence-electron chi connectivity index (χ0n) is 21.0. The van der Waals surface area contributed by atoms with Gasteiger partial charge in [-0.15, -0.1) is 5.10 Å². The van der Waals surface area contributed by atoms with Gasteiger partial charge < -0.3 is 29.2 Å². The minimum Gasteiger partial charge on any atom is -0.488 e. The van der Waals surface area contributed by atoms with E-state index in [0.717, 1.165) is 24.5 Å². The molecule has 2 amide bonds. The predicted molar refractivity (Wildman–Crippen MR) is 135 cm³/mol. The van der Waals surface area contributed by atoms with Gasteiger partial charge >= 0.3 is 0 Å². The monoisotopic (exact) mass is 519 g/mol. The van der Waals surface area contributed by atoms with Gasteiger partial charge in [-0.2, -0.15) is 0 Å². The van der Waals surface area contributed by atoms with Gasteiger partial charge in [-0.25, -0.2) is 4.68 Å². The summed E-state index contributed by atoms with van der Waals surface area (Å²) in [7, 11) is 1.54. The highest BCUT2D eigenvalue weighted by atomic mass is 16.5. The Bertz CT molecular complexity index is 1300. The molecule has 2 aromatic carbocycles. The maximum atomic E-state index is 13.0. The summed E-state index contributed by atoms with van der Waals surface area (Å²) in [5, 5.41) is 10.9. The van der Waals surface area contributed by atoms with Crippen LogP contribution in [0.25, 0.3) is 5.69 Å². The molecule has 0 aliphatic carbocycles. The fraction of sp³-hybridized carbons (Fsp3) is 0.370. The molecule has 11 nitrogen and oxygen atoms in total. The van der Waals surface area contributed by atoms with Crippen LogP contribution < -0.4 is 14.8 Å². The van der Waals surface area contributed by atoms with Crippen molar-refractivity contribution < 1.29 is 28.6 Å². The summed E-state index contributed by atoms with van der Waals surface area (Å²) in [6, 6.07) is 12.1. The molecule has 3 aromatic rings. The van der Waals surface area contributed by atoms with Crippen molar-refractivity contribution in [1.29, 1.82) is 0 Å². The highest BCUT2D eigenvalue weighted by Crippen LogP contribution is 2.33. The van der Waals surface area contributed by atoms with Crippen molar-refractivity contribution >= 4 is 18.1 Å². The molecule has 2 atom stereocenters. The van der Waals surface area contributed by atoms with Gasteiger partial charge in [0.05, 0.1) is 37.7 Å². The van der Waals surface area contributed by atoms with Crippen molar-refractivity contribution in [3.05, 3.63) is 65.5 Å². The minimum atomic E-state index is -0.691. The van der Waals surface area contributed by atoms with Crippen LogP contribution in [0.3, 0.4) is 0 Å². The molecule has 1 fully saturated rings. The maximum Gasteiger partial charge on any atom is 0.255 e. The van der Waals surface area contributed by atoms with E-state index >= 15 is 0 Å². The molecule has 11 heteroatoms. The summed E-state index contributed by atoms with van der Waals surface area (Å²) >= 11 is 0. The van der Waals surface area contributed by atoms with Gasteiger partial charge in [0.1, 0.15) is 36.2 Å². The zero-order chi connectivity index (χ0) is 26.5. The lowest BCUT2D eigenvalue weighted by Crippen LogP contribution is -2.37. The molecule has 1 unspecified atom stereocenters. The Hall–Kier alpha value is -4.25. The van der Waals surface area contributed by atoms with Crippen molar-refractivity contribution in [2.45, 2.75) is 44.6 Å². The van der Waals surface area contributed by atoms with E-state index in [1.54, 1.807) is 29.1 Å². The van der Waals surface area contributed by atoms with Crippen LogP contribution in [0.15, 0.2) is 48.7 Å². The number of amides is 2. The minimum absolute atomic E-state index is 0.0876. The Morgan fingerprint density at radius 2 is 2.11 bits per heavy atom. The van der Waals surface area contributed by atoms with Crippen LogP contribution in [-0.4, -0.2) is 70.4 Å². The summed E-state index contributed by atoms with van der Waals surface area (Å²) < 4.78 is 18.9. The number of rotatable bonds is 11. The van der Waals surface area contributed by atoms with E-state index in [2.05, 4.69) is 15.6 Å². The van der Waals surface area contributed by atoms with Gasteiger partial charge in [0.2, 0.25) is 5.91 Å². The SMILES string of the molecule is CNC(=O)CCC(C=O)N1Cc2c(OCc3cn(-c4ccc(O[C@@H]5CCOC5)cc4)nn3)cccc2C1=O. The number of carbonyl (C=O) groups excluding carboxylic acids is 3. The van der Waals surface area contributed by atoms with E-state index in [9.17, 15) is 14.4 Å². The van der Waals surface area contributed by atoms with Crippen molar-refractivity contribution in [3.63, 3.8) is 0 Å². The van der Waals surface area contributed by atoms with E-state index in [0.29, 0.717) is 35.5 Å². The Balaban J connectivity index is 1.21. The van der Waals surface area contributed by atoms with Crippen molar-refractivity contribution in [2.24, 2.45) is 0 Å². The van der Waals surface area contributed by atoms with Crippen molar-refractivity contribution in [2.75, 3.05) is 20.3 Å². The Morgan fingerprint density at radius 3 is 2.84 bits per heavy atom. The maximum absolute atomic E-state index is 13.0. The average molecular weight is 520 g/mol. The average Bonchev–Trinajstić information content (AvgIpc) is 3.70. The normalized spacial score (nSPS) is 17.2. The Morgan fingerprint density at radius 1 is 1.26 bits per heavy atom. The Kier molecular flexibility index (Phi) is 7.64. The fourth-order valence-electron chi connectivity index (χ4n) is 4.55. The molecule has 38 heavy (non-hydrogen) atoms. The summed E-state index contributed by atoms with van der Waals surface area (Å²) in [6.07, 6.45) is 3.88. The lowest BCUT2D eigenvalue weighted by molar-refractivity contribution is -0.121. The number of aldehydes is 1. The van der Waals surface area contributed by atoms with Gasteiger partial charge in [0, 0.05) is 31.0 Å². The van der Waals surface area contributed by atoms with E-state index in [1.165, 1.54) is 11.9 Å². The van der Waals surface area contributed by atoms with Gasteiger partial charge in [-0.05, 0) is 42.8 Å². The first-order valence-electron chi connectivity index (χ1n) is 12.5. The number of hydrogen-bond acceptors (Lipinski definition) is 8. The number of carbonyl (C=O) groups is 3. The molecule has 2 aliphatic heterocycles.